The lowest BCUT2D eigenvalue weighted by Gasteiger charge is -2.23. The molecule has 0 radical (unpaired) electrons. The van der Waals surface area contributed by atoms with E-state index >= 15 is 0 Å². The van der Waals surface area contributed by atoms with Gasteiger partial charge in [0, 0.05) is 21.3 Å². The van der Waals surface area contributed by atoms with E-state index in [0.29, 0.717) is 15.6 Å². The fraction of sp³-hybridized carbons (Fsp3) is 0.125. The standard InChI is InChI=1S/C16H13Cl4N3OS/c17-10-3-1-9(2-4-10)15(24)22-14(13(19)20)23-16(25)21-12-7-5-11(18)6-8-12/h1-8,13-14H,(H,22,24)(H2,21,23,25). The van der Waals surface area contributed by atoms with Gasteiger partial charge in [-0.3, -0.25) is 4.79 Å². The zero-order chi connectivity index (χ0) is 18.4. The van der Waals surface area contributed by atoms with Crippen LogP contribution < -0.4 is 16.0 Å². The Kier molecular flexibility index (Phi) is 7.59. The molecule has 132 valence electrons. The molecule has 25 heavy (non-hydrogen) atoms. The molecular formula is C16H13Cl4N3OS. The molecule has 0 fully saturated rings. The van der Waals surface area contributed by atoms with Crippen molar-refractivity contribution in [2.45, 2.75) is 11.0 Å². The number of carbonyl (C=O) groups excluding carboxylic acids is 1. The first-order chi connectivity index (χ1) is 11.8. The molecule has 0 aliphatic carbocycles. The molecule has 3 N–H and O–H groups in total. The van der Waals surface area contributed by atoms with E-state index < -0.39 is 11.0 Å². The van der Waals surface area contributed by atoms with Crippen LogP contribution in [0, 0.1) is 0 Å². The summed E-state index contributed by atoms with van der Waals surface area (Å²) in [4.78, 5) is 11.3. The number of carbonyl (C=O) groups is 1. The number of amides is 1. The molecular weight excluding hydrogens is 424 g/mol. The van der Waals surface area contributed by atoms with Crippen LogP contribution in [0.3, 0.4) is 0 Å². The Balaban J connectivity index is 1.97. The maximum absolute atomic E-state index is 12.3. The van der Waals surface area contributed by atoms with Gasteiger partial charge in [-0.15, -0.1) is 23.2 Å². The van der Waals surface area contributed by atoms with Gasteiger partial charge in [0.25, 0.3) is 5.91 Å². The molecule has 2 rings (SSSR count). The molecule has 0 aliphatic rings. The first-order valence-electron chi connectivity index (χ1n) is 7.03. The highest BCUT2D eigenvalue weighted by Gasteiger charge is 2.21. The lowest BCUT2D eigenvalue weighted by atomic mass is 10.2. The smallest absolute Gasteiger partial charge is 0.252 e. The van der Waals surface area contributed by atoms with Crippen molar-refractivity contribution in [3.8, 4) is 0 Å². The molecule has 0 aromatic heterocycles. The molecule has 4 nitrogen and oxygen atoms in total. The molecule has 0 aliphatic heterocycles. The Labute approximate surface area is 170 Å². The Morgan fingerprint density at radius 2 is 1.40 bits per heavy atom. The van der Waals surface area contributed by atoms with Crippen LogP contribution in [0.4, 0.5) is 5.69 Å². The monoisotopic (exact) mass is 435 g/mol. The summed E-state index contributed by atoms with van der Waals surface area (Å²) in [5.74, 6) is -0.366. The minimum atomic E-state index is -0.929. The second-order valence-electron chi connectivity index (χ2n) is 4.90. The van der Waals surface area contributed by atoms with Crippen LogP contribution in [0.2, 0.25) is 10.0 Å². The summed E-state index contributed by atoms with van der Waals surface area (Å²) in [5.41, 5.74) is 1.15. The number of thiocarbonyl (C=S) groups is 1. The number of alkyl halides is 2. The molecule has 0 bridgehead atoms. The summed E-state index contributed by atoms with van der Waals surface area (Å²) in [6, 6.07) is 13.4. The molecule has 1 unspecified atom stereocenters. The third kappa shape index (κ3) is 6.53. The Hall–Kier alpha value is -1.24. The molecule has 1 amide bonds. The van der Waals surface area contributed by atoms with E-state index in [1.54, 1.807) is 48.5 Å². The number of halogens is 4. The predicted octanol–water partition coefficient (Wildman–Crippen LogP) is 4.84. The summed E-state index contributed by atoms with van der Waals surface area (Å²) in [7, 11) is 0. The quantitative estimate of drug-likeness (QED) is 0.356. The fourth-order valence-electron chi connectivity index (χ4n) is 1.83. The van der Waals surface area contributed by atoms with E-state index in [1.165, 1.54) is 0 Å². The molecule has 1 atom stereocenters. The van der Waals surface area contributed by atoms with Crippen LogP contribution >= 0.6 is 58.6 Å². The Bertz CT molecular complexity index is 738. The number of anilines is 1. The highest BCUT2D eigenvalue weighted by molar-refractivity contribution is 7.80. The van der Waals surface area contributed by atoms with E-state index in [4.69, 9.17) is 58.6 Å². The molecule has 9 heteroatoms. The normalized spacial score (nSPS) is 11.7. The zero-order valence-electron chi connectivity index (χ0n) is 12.6. The van der Waals surface area contributed by atoms with Gasteiger partial charge in [-0.1, -0.05) is 23.2 Å². The van der Waals surface area contributed by atoms with Crippen molar-refractivity contribution < 1.29 is 4.79 Å². The number of hydrogen-bond acceptors (Lipinski definition) is 2. The average Bonchev–Trinajstić information content (AvgIpc) is 2.56. The fourth-order valence-corrected chi connectivity index (χ4v) is 2.58. The lowest BCUT2D eigenvalue weighted by Crippen LogP contribution is -2.52. The second-order valence-corrected chi connectivity index (χ2v) is 7.34. The number of hydrogen-bond donors (Lipinski definition) is 3. The highest BCUT2D eigenvalue weighted by atomic mass is 35.5. The first-order valence-corrected chi connectivity index (χ1v) is 9.06. The zero-order valence-corrected chi connectivity index (χ0v) is 16.4. The van der Waals surface area contributed by atoms with Gasteiger partial charge >= 0.3 is 0 Å². The van der Waals surface area contributed by atoms with Crippen LogP contribution in [0.5, 0.6) is 0 Å². The number of nitrogens with one attached hydrogen (secondary N) is 3. The Morgan fingerprint density at radius 1 is 0.880 bits per heavy atom. The summed E-state index contributed by atoms with van der Waals surface area (Å²) < 4.78 is 0. The van der Waals surface area contributed by atoms with Crippen molar-refractivity contribution >= 4 is 75.3 Å². The summed E-state index contributed by atoms with van der Waals surface area (Å²) in [6.45, 7) is 0. The van der Waals surface area contributed by atoms with Crippen molar-refractivity contribution in [3.05, 3.63) is 64.1 Å². The largest absolute Gasteiger partial charge is 0.340 e. The van der Waals surface area contributed by atoms with Crippen LogP contribution in [-0.4, -0.2) is 22.0 Å². The summed E-state index contributed by atoms with van der Waals surface area (Å²) >= 11 is 28.7. The maximum Gasteiger partial charge on any atom is 0.252 e. The van der Waals surface area contributed by atoms with Crippen molar-refractivity contribution in [2.24, 2.45) is 0 Å². The first kappa shape index (κ1) is 20.1. The SMILES string of the molecule is O=C(NC(NC(=S)Nc1ccc(Cl)cc1)C(Cl)Cl)c1ccc(Cl)cc1. The van der Waals surface area contributed by atoms with Crippen molar-refractivity contribution in [3.63, 3.8) is 0 Å². The van der Waals surface area contributed by atoms with E-state index in [1.807, 2.05) is 0 Å². The molecule has 0 saturated heterocycles. The van der Waals surface area contributed by atoms with Crippen molar-refractivity contribution in [1.29, 1.82) is 0 Å². The van der Waals surface area contributed by atoms with Gasteiger partial charge < -0.3 is 16.0 Å². The lowest BCUT2D eigenvalue weighted by molar-refractivity contribution is 0.0936. The topological polar surface area (TPSA) is 53.2 Å². The Morgan fingerprint density at radius 3 is 1.92 bits per heavy atom. The predicted molar refractivity (Wildman–Crippen MR) is 109 cm³/mol. The molecule has 2 aromatic rings. The van der Waals surface area contributed by atoms with Crippen molar-refractivity contribution in [2.75, 3.05) is 5.32 Å². The average molecular weight is 437 g/mol. The molecule has 0 heterocycles. The highest BCUT2D eigenvalue weighted by Crippen LogP contribution is 2.14. The minimum absolute atomic E-state index is 0.245. The van der Waals surface area contributed by atoms with E-state index in [0.717, 1.165) is 5.69 Å². The number of rotatable bonds is 5. The summed E-state index contributed by atoms with van der Waals surface area (Å²) in [6.07, 6.45) is -0.793. The van der Waals surface area contributed by atoms with Gasteiger partial charge in [-0.25, -0.2) is 0 Å². The van der Waals surface area contributed by atoms with E-state index in [9.17, 15) is 4.79 Å². The van der Waals surface area contributed by atoms with Crippen LogP contribution in [0.25, 0.3) is 0 Å². The molecule has 0 saturated carbocycles. The van der Waals surface area contributed by atoms with E-state index in [2.05, 4.69) is 16.0 Å². The van der Waals surface area contributed by atoms with Gasteiger partial charge in [0.2, 0.25) is 0 Å². The minimum Gasteiger partial charge on any atom is -0.340 e. The van der Waals surface area contributed by atoms with E-state index in [-0.39, 0.29) is 11.0 Å². The number of benzene rings is 2. The maximum atomic E-state index is 12.3. The van der Waals surface area contributed by atoms with Gasteiger partial charge in [0.05, 0.1) is 0 Å². The third-order valence-corrected chi connectivity index (χ3v) is 4.26. The van der Waals surface area contributed by atoms with Gasteiger partial charge in [-0.05, 0) is 60.7 Å². The second kappa shape index (κ2) is 9.46. The van der Waals surface area contributed by atoms with Crippen LogP contribution in [0.15, 0.2) is 48.5 Å². The van der Waals surface area contributed by atoms with Gasteiger partial charge in [0.15, 0.2) is 5.11 Å². The molecule has 0 spiro atoms. The van der Waals surface area contributed by atoms with Crippen LogP contribution in [-0.2, 0) is 0 Å². The van der Waals surface area contributed by atoms with Gasteiger partial charge in [0.1, 0.15) is 11.0 Å². The third-order valence-electron chi connectivity index (χ3n) is 3.03. The van der Waals surface area contributed by atoms with Crippen LogP contribution in [0.1, 0.15) is 10.4 Å². The van der Waals surface area contributed by atoms with Crippen molar-refractivity contribution in [1.82, 2.24) is 10.6 Å². The molecule has 2 aromatic carbocycles. The summed E-state index contributed by atoms with van der Waals surface area (Å²) in [5, 5.41) is 9.87. The van der Waals surface area contributed by atoms with Gasteiger partial charge in [-0.2, -0.15) is 0 Å².